The van der Waals surface area contributed by atoms with Gasteiger partial charge < -0.3 is 14.1 Å². The Morgan fingerprint density at radius 2 is 2.28 bits per heavy atom. The lowest BCUT2D eigenvalue weighted by Crippen LogP contribution is -2.22. The van der Waals surface area contributed by atoms with Crippen LogP contribution >= 0.6 is 0 Å². The maximum atomic E-state index is 12.0. The van der Waals surface area contributed by atoms with Crippen molar-refractivity contribution in [3.63, 3.8) is 0 Å². The van der Waals surface area contributed by atoms with Crippen LogP contribution in [-0.4, -0.2) is 18.1 Å². The van der Waals surface area contributed by atoms with Crippen molar-refractivity contribution in [2.45, 2.75) is 18.0 Å². The molecule has 2 rings (SSSR count). The van der Waals surface area contributed by atoms with Gasteiger partial charge in [0.1, 0.15) is 5.76 Å². The van der Waals surface area contributed by atoms with E-state index in [0.717, 1.165) is 0 Å². The number of rotatable bonds is 5. The van der Waals surface area contributed by atoms with E-state index in [1.54, 1.807) is 23.7 Å². The molecule has 0 aliphatic heterocycles. The molecule has 0 aliphatic rings. The van der Waals surface area contributed by atoms with Gasteiger partial charge in [-0.25, -0.2) is 13.1 Å². The molecule has 0 fully saturated rings. The van der Waals surface area contributed by atoms with E-state index < -0.39 is 10.0 Å². The maximum absolute atomic E-state index is 12.0. The van der Waals surface area contributed by atoms with Gasteiger partial charge in [0.25, 0.3) is 0 Å². The summed E-state index contributed by atoms with van der Waals surface area (Å²) < 4.78 is 33.0. The van der Waals surface area contributed by atoms with Crippen molar-refractivity contribution in [1.29, 1.82) is 0 Å². The number of sulfonamides is 1. The third-order valence-electron chi connectivity index (χ3n) is 2.57. The lowest BCUT2D eigenvalue weighted by Gasteiger charge is -2.02. The predicted octanol–water partition coefficient (Wildman–Crippen LogP) is 0.589. The quantitative estimate of drug-likeness (QED) is 0.832. The zero-order valence-corrected chi connectivity index (χ0v) is 10.6. The predicted molar refractivity (Wildman–Crippen MR) is 64.1 cm³/mol. The second-order valence-electron chi connectivity index (χ2n) is 3.84. The zero-order valence-electron chi connectivity index (χ0n) is 9.83. The van der Waals surface area contributed by atoms with Gasteiger partial charge in [-0.3, -0.25) is 0 Å². The van der Waals surface area contributed by atoms with E-state index in [0.29, 0.717) is 11.5 Å². The monoisotopic (exact) mass is 270 g/mol. The van der Waals surface area contributed by atoms with Crippen LogP contribution in [0, 0.1) is 0 Å². The molecule has 2 aromatic rings. The number of nitrogens with zero attached hydrogens (tertiary/aromatic N) is 1. The SMILES string of the molecule is Cn1cc(S(=O)(=O)NCc2ccco2)cc1CO. The summed E-state index contributed by atoms with van der Waals surface area (Å²) in [5.74, 6) is 0.539. The Balaban J connectivity index is 2.14. The maximum Gasteiger partial charge on any atom is 0.242 e. The molecule has 2 heterocycles. The summed E-state index contributed by atoms with van der Waals surface area (Å²) in [7, 11) is -1.91. The highest BCUT2D eigenvalue weighted by Gasteiger charge is 2.17. The van der Waals surface area contributed by atoms with Crippen molar-refractivity contribution in [3.05, 3.63) is 42.1 Å². The molecule has 0 bridgehead atoms. The second-order valence-corrected chi connectivity index (χ2v) is 5.61. The number of aromatic nitrogens is 1. The van der Waals surface area contributed by atoms with E-state index in [9.17, 15) is 8.42 Å². The summed E-state index contributed by atoms with van der Waals surface area (Å²) >= 11 is 0. The summed E-state index contributed by atoms with van der Waals surface area (Å²) in [6, 6.07) is 4.81. The number of aryl methyl sites for hydroxylation is 1. The van der Waals surface area contributed by atoms with E-state index in [4.69, 9.17) is 9.52 Å². The van der Waals surface area contributed by atoms with Gasteiger partial charge in [-0.05, 0) is 18.2 Å². The van der Waals surface area contributed by atoms with E-state index in [1.165, 1.54) is 18.5 Å². The van der Waals surface area contributed by atoms with E-state index in [-0.39, 0.29) is 18.0 Å². The van der Waals surface area contributed by atoms with Gasteiger partial charge in [0.05, 0.1) is 24.3 Å². The molecule has 0 aliphatic carbocycles. The number of aliphatic hydroxyl groups excluding tert-OH is 1. The minimum Gasteiger partial charge on any atom is -0.468 e. The fraction of sp³-hybridized carbons (Fsp3) is 0.273. The third-order valence-corrected chi connectivity index (χ3v) is 3.94. The van der Waals surface area contributed by atoms with Gasteiger partial charge in [0.2, 0.25) is 10.0 Å². The molecule has 7 heteroatoms. The molecule has 98 valence electrons. The topological polar surface area (TPSA) is 84.5 Å². The smallest absolute Gasteiger partial charge is 0.242 e. The first kappa shape index (κ1) is 12.9. The molecule has 2 N–H and O–H groups in total. The lowest BCUT2D eigenvalue weighted by atomic mass is 10.5. The third kappa shape index (κ3) is 2.63. The summed E-state index contributed by atoms with van der Waals surface area (Å²) in [6.45, 7) is -0.108. The zero-order chi connectivity index (χ0) is 13.2. The van der Waals surface area contributed by atoms with Crippen molar-refractivity contribution >= 4 is 10.0 Å². The summed E-state index contributed by atoms with van der Waals surface area (Å²) in [4.78, 5) is 0.126. The van der Waals surface area contributed by atoms with Crippen LogP contribution in [0.4, 0.5) is 0 Å². The van der Waals surface area contributed by atoms with Crippen LogP contribution in [0.2, 0.25) is 0 Å². The molecule has 0 saturated carbocycles. The molecule has 0 unspecified atom stereocenters. The number of nitrogens with one attached hydrogen (secondary N) is 1. The second kappa shape index (κ2) is 4.97. The van der Waals surface area contributed by atoms with E-state index >= 15 is 0 Å². The Hall–Kier alpha value is -1.57. The highest BCUT2D eigenvalue weighted by atomic mass is 32.2. The molecular formula is C11H14N2O4S. The average Bonchev–Trinajstić information content (AvgIpc) is 2.95. The van der Waals surface area contributed by atoms with Crippen molar-refractivity contribution in [2.75, 3.05) is 0 Å². The average molecular weight is 270 g/mol. The van der Waals surface area contributed by atoms with Crippen LogP contribution in [0.1, 0.15) is 11.5 Å². The summed E-state index contributed by atoms with van der Waals surface area (Å²) in [6.07, 6.45) is 2.94. The lowest BCUT2D eigenvalue weighted by molar-refractivity contribution is 0.272. The molecule has 2 aromatic heterocycles. The van der Waals surface area contributed by atoms with Gasteiger partial charge in [-0.15, -0.1) is 0 Å². The molecule has 0 radical (unpaired) electrons. The molecule has 0 aromatic carbocycles. The number of hydrogen-bond donors (Lipinski definition) is 2. The van der Waals surface area contributed by atoms with Crippen LogP contribution < -0.4 is 4.72 Å². The van der Waals surface area contributed by atoms with Crippen LogP contribution in [0.15, 0.2) is 40.0 Å². The van der Waals surface area contributed by atoms with Gasteiger partial charge in [-0.1, -0.05) is 0 Å². The van der Waals surface area contributed by atoms with Gasteiger partial charge in [0.15, 0.2) is 0 Å². The Morgan fingerprint density at radius 1 is 1.50 bits per heavy atom. The van der Waals surface area contributed by atoms with E-state index in [2.05, 4.69) is 4.72 Å². The molecule has 0 amide bonds. The normalized spacial score (nSPS) is 11.9. The first-order valence-corrected chi connectivity index (χ1v) is 6.79. The molecular weight excluding hydrogens is 256 g/mol. The van der Waals surface area contributed by atoms with Gasteiger partial charge in [-0.2, -0.15) is 0 Å². The Morgan fingerprint density at radius 3 is 2.83 bits per heavy atom. The van der Waals surface area contributed by atoms with Crippen LogP contribution in [0.25, 0.3) is 0 Å². The Bertz CT molecular complexity index is 614. The van der Waals surface area contributed by atoms with Crippen LogP contribution in [0.5, 0.6) is 0 Å². The Labute approximate surface area is 105 Å². The summed E-state index contributed by atoms with van der Waals surface area (Å²) in [5.41, 5.74) is 0.536. The molecule has 0 atom stereocenters. The number of furan rings is 1. The minimum atomic E-state index is -3.59. The van der Waals surface area contributed by atoms with Gasteiger partial charge >= 0.3 is 0 Å². The largest absolute Gasteiger partial charge is 0.468 e. The summed E-state index contributed by atoms with van der Waals surface area (Å²) in [5, 5.41) is 9.03. The minimum absolute atomic E-state index is 0.0959. The Kier molecular flexibility index (Phi) is 3.55. The fourth-order valence-electron chi connectivity index (χ4n) is 1.54. The molecule has 6 nitrogen and oxygen atoms in total. The van der Waals surface area contributed by atoms with Crippen molar-refractivity contribution in [2.24, 2.45) is 7.05 Å². The number of aliphatic hydroxyl groups is 1. The molecule has 0 saturated heterocycles. The first-order chi connectivity index (χ1) is 8.53. The van der Waals surface area contributed by atoms with Crippen molar-refractivity contribution in [3.8, 4) is 0 Å². The molecule has 0 spiro atoms. The highest BCUT2D eigenvalue weighted by molar-refractivity contribution is 7.89. The molecule has 18 heavy (non-hydrogen) atoms. The van der Waals surface area contributed by atoms with Crippen molar-refractivity contribution < 1.29 is 17.9 Å². The van der Waals surface area contributed by atoms with E-state index in [1.807, 2.05) is 0 Å². The standard InChI is InChI=1S/C11H14N2O4S/c1-13-7-11(5-9(13)8-14)18(15,16)12-6-10-3-2-4-17-10/h2-5,7,12,14H,6,8H2,1H3. The van der Waals surface area contributed by atoms with Crippen LogP contribution in [-0.2, 0) is 30.2 Å². The number of hydrogen-bond acceptors (Lipinski definition) is 4. The van der Waals surface area contributed by atoms with Gasteiger partial charge in [0, 0.05) is 18.9 Å². The van der Waals surface area contributed by atoms with Crippen molar-refractivity contribution in [1.82, 2.24) is 9.29 Å². The highest BCUT2D eigenvalue weighted by Crippen LogP contribution is 2.14. The first-order valence-electron chi connectivity index (χ1n) is 5.31. The van der Waals surface area contributed by atoms with Crippen LogP contribution in [0.3, 0.4) is 0 Å². The fourth-order valence-corrected chi connectivity index (χ4v) is 2.63.